The van der Waals surface area contributed by atoms with E-state index >= 15 is 0 Å². The van der Waals surface area contributed by atoms with Crippen LogP contribution in [-0.2, 0) is 11.3 Å². The van der Waals surface area contributed by atoms with Crippen molar-refractivity contribution < 1.29 is 4.74 Å². The fourth-order valence-corrected chi connectivity index (χ4v) is 2.96. The molecule has 4 heteroatoms. The maximum Gasteiger partial charge on any atom is 0.133 e. The van der Waals surface area contributed by atoms with Crippen molar-refractivity contribution in [1.82, 2.24) is 10.3 Å². The van der Waals surface area contributed by atoms with Crippen molar-refractivity contribution in [2.45, 2.75) is 33.2 Å². The molecule has 1 fully saturated rings. The van der Waals surface area contributed by atoms with Crippen LogP contribution >= 0.6 is 0 Å². The second-order valence-corrected chi connectivity index (χ2v) is 5.85. The number of pyridine rings is 1. The van der Waals surface area contributed by atoms with Gasteiger partial charge in [0.15, 0.2) is 0 Å². The van der Waals surface area contributed by atoms with Gasteiger partial charge in [0.2, 0.25) is 0 Å². The second-order valence-electron chi connectivity index (χ2n) is 5.85. The first kappa shape index (κ1) is 15.3. The quantitative estimate of drug-likeness (QED) is 0.896. The molecule has 1 aromatic heterocycles. The lowest BCUT2D eigenvalue weighted by molar-refractivity contribution is 0.0685. The molecule has 112 valence electrons. The van der Waals surface area contributed by atoms with Crippen LogP contribution in [0.3, 0.4) is 0 Å². The fraction of sp³-hybridized carbons (Fsp3) is 0.688. The molecule has 0 atom stereocenters. The normalized spacial score (nSPS) is 16.4. The zero-order chi connectivity index (χ0) is 14.5. The number of hydrogen-bond donors (Lipinski definition) is 1. The lowest BCUT2D eigenvalue weighted by Crippen LogP contribution is -2.31. The summed E-state index contributed by atoms with van der Waals surface area (Å²) < 4.78 is 5.44. The molecule has 1 aliphatic heterocycles. The Balaban J connectivity index is 2.16. The van der Waals surface area contributed by atoms with Crippen LogP contribution in [-0.4, -0.2) is 38.8 Å². The van der Waals surface area contributed by atoms with Crippen LogP contribution in [0.1, 0.15) is 29.7 Å². The molecule has 0 amide bonds. The van der Waals surface area contributed by atoms with Gasteiger partial charge < -0.3 is 15.0 Å². The molecule has 2 rings (SSSR count). The average molecular weight is 277 g/mol. The molecule has 0 bridgehead atoms. The third-order valence-electron chi connectivity index (χ3n) is 4.04. The van der Waals surface area contributed by atoms with Gasteiger partial charge in [0.1, 0.15) is 5.82 Å². The van der Waals surface area contributed by atoms with Crippen molar-refractivity contribution in [2.75, 3.05) is 38.8 Å². The van der Waals surface area contributed by atoms with Crippen LogP contribution in [0.15, 0.2) is 6.07 Å². The molecule has 0 saturated carbocycles. The summed E-state index contributed by atoms with van der Waals surface area (Å²) in [7, 11) is 4.15. The number of nitrogens with one attached hydrogen (secondary N) is 1. The van der Waals surface area contributed by atoms with E-state index in [1.807, 2.05) is 7.05 Å². The molecule has 0 spiro atoms. The first-order valence-corrected chi connectivity index (χ1v) is 7.52. The maximum absolute atomic E-state index is 5.44. The Bertz CT molecular complexity index is 442. The summed E-state index contributed by atoms with van der Waals surface area (Å²) in [6.07, 6.45) is 2.33. The average Bonchev–Trinajstić information content (AvgIpc) is 2.42. The Morgan fingerprint density at radius 1 is 1.35 bits per heavy atom. The van der Waals surface area contributed by atoms with Gasteiger partial charge in [0, 0.05) is 44.6 Å². The topological polar surface area (TPSA) is 37.4 Å². The Morgan fingerprint density at radius 3 is 2.70 bits per heavy atom. The van der Waals surface area contributed by atoms with Gasteiger partial charge in [0.05, 0.1) is 0 Å². The third-order valence-corrected chi connectivity index (χ3v) is 4.04. The molecule has 0 aliphatic carbocycles. The SMILES string of the molecule is CNCc1c(C)cc(C)nc1N(C)CC1CCOCC1. The van der Waals surface area contributed by atoms with E-state index in [0.29, 0.717) is 0 Å². The molecule has 20 heavy (non-hydrogen) atoms. The van der Waals surface area contributed by atoms with E-state index < -0.39 is 0 Å². The minimum atomic E-state index is 0.721. The van der Waals surface area contributed by atoms with Gasteiger partial charge in [0.25, 0.3) is 0 Å². The molecule has 1 aliphatic rings. The van der Waals surface area contributed by atoms with Gasteiger partial charge >= 0.3 is 0 Å². The van der Waals surface area contributed by atoms with Gasteiger partial charge in [-0.2, -0.15) is 0 Å². The number of anilines is 1. The molecule has 4 nitrogen and oxygen atoms in total. The number of ether oxygens (including phenoxy) is 1. The Hall–Kier alpha value is -1.13. The first-order chi connectivity index (χ1) is 9.61. The largest absolute Gasteiger partial charge is 0.381 e. The molecule has 0 aromatic carbocycles. The number of rotatable bonds is 5. The second kappa shape index (κ2) is 7.04. The highest BCUT2D eigenvalue weighted by molar-refractivity contribution is 5.51. The van der Waals surface area contributed by atoms with Crippen molar-refractivity contribution in [3.63, 3.8) is 0 Å². The van der Waals surface area contributed by atoms with Gasteiger partial charge in [-0.05, 0) is 51.3 Å². The summed E-state index contributed by atoms with van der Waals surface area (Å²) in [6.45, 7) is 7.99. The van der Waals surface area contributed by atoms with Crippen molar-refractivity contribution in [2.24, 2.45) is 5.92 Å². The number of aryl methyl sites for hydroxylation is 2. The van der Waals surface area contributed by atoms with Crippen LogP contribution in [0, 0.1) is 19.8 Å². The standard InChI is InChI=1S/C16H27N3O/c1-12-9-13(2)18-16(15(12)10-17-3)19(4)11-14-5-7-20-8-6-14/h9,14,17H,5-8,10-11H2,1-4H3. The highest BCUT2D eigenvalue weighted by Crippen LogP contribution is 2.24. The van der Waals surface area contributed by atoms with E-state index in [-0.39, 0.29) is 0 Å². The minimum absolute atomic E-state index is 0.721. The van der Waals surface area contributed by atoms with Gasteiger partial charge in [-0.15, -0.1) is 0 Å². The number of hydrogen-bond acceptors (Lipinski definition) is 4. The molecular formula is C16H27N3O. The lowest BCUT2D eigenvalue weighted by atomic mass is 9.99. The Labute approximate surface area is 122 Å². The fourth-order valence-electron chi connectivity index (χ4n) is 2.96. The van der Waals surface area contributed by atoms with Crippen molar-refractivity contribution >= 4 is 5.82 Å². The van der Waals surface area contributed by atoms with Crippen LogP contribution in [0.4, 0.5) is 5.82 Å². The summed E-state index contributed by atoms with van der Waals surface area (Å²) in [4.78, 5) is 7.09. The first-order valence-electron chi connectivity index (χ1n) is 7.52. The van der Waals surface area contributed by atoms with Crippen LogP contribution in [0.2, 0.25) is 0 Å². The Morgan fingerprint density at radius 2 is 2.05 bits per heavy atom. The molecule has 0 unspecified atom stereocenters. The highest BCUT2D eigenvalue weighted by atomic mass is 16.5. The molecular weight excluding hydrogens is 250 g/mol. The van der Waals surface area contributed by atoms with Gasteiger partial charge in [-0.1, -0.05) is 0 Å². The van der Waals surface area contributed by atoms with Crippen molar-refractivity contribution in [3.05, 3.63) is 22.9 Å². The Kier molecular flexibility index (Phi) is 5.38. The van der Waals surface area contributed by atoms with Gasteiger partial charge in [-0.3, -0.25) is 0 Å². The zero-order valence-corrected chi connectivity index (χ0v) is 13.2. The van der Waals surface area contributed by atoms with Crippen LogP contribution < -0.4 is 10.2 Å². The van der Waals surface area contributed by atoms with Crippen molar-refractivity contribution in [1.29, 1.82) is 0 Å². The smallest absolute Gasteiger partial charge is 0.133 e. The van der Waals surface area contributed by atoms with Crippen LogP contribution in [0.5, 0.6) is 0 Å². The monoisotopic (exact) mass is 277 g/mol. The summed E-state index contributed by atoms with van der Waals surface area (Å²) in [5.74, 6) is 1.85. The minimum Gasteiger partial charge on any atom is -0.381 e. The summed E-state index contributed by atoms with van der Waals surface area (Å²) in [6, 6.07) is 2.17. The van der Waals surface area contributed by atoms with E-state index in [0.717, 1.165) is 56.6 Å². The summed E-state index contributed by atoms with van der Waals surface area (Å²) >= 11 is 0. The van der Waals surface area contributed by atoms with E-state index in [1.54, 1.807) is 0 Å². The third kappa shape index (κ3) is 3.70. The molecule has 1 aromatic rings. The number of aromatic nitrogens is 1. The molecule has 1 saturated heterocycles. The predicted octanol–water partition coefficient (Wildman–Crippen LogP) is 2.28. The van der Waals surface area contributed by atoms with E-state index in [4.69, 9.17) is 9.72 Å². The van der Waals surface area contributed by atoms with Crippen LogP contribution in [0.25, 0.3) is 0 Å². The van der Waals surface area contributed by atoms with Gasteiger partial charge in [-0.25, -0.2) is 4.98 Å². The van der Waals surface area contributed by atoms with E-state index in [2.05, 4.69) is 37.2 Å². The lowest BCUT2D eigenvalue weighted by Gasteiger charge is -2.29. The predicted molar refractivity (Wildman–Crippen MR) is 83.3 cm³/mol. The van der Waals surface area contributed by atoms with E-state index in [1.165, 1.54) is 11.1 Å². The molecule has 1 N–H and O–H groups in total. The van der Waals surface area contributed by atoms with Crippen molar-refractivity contribution in [3.8, 4) is 0 Å². The summed E-state index contributed by atoms with van der Waals surface area (Å²) in [5, 5.41) is 3.26. The zero-order valence-electron chi connectivity index (χ0n) is 13.2. The number of nitrogens with zero attached hydrogens (tertiary/aromatic N) is 2. The summed E-state index contributed by atoms with van der Waals surface area (Å²) in [5.41, 5.74) is 3.73. The molecule has 0 radical (unpaired) electrons. The highest BCUT2D eigenvalue weighted by Gasteiger charge is 2.19. The molecule has 2 heterocycles. The maximum atomic E-state index is 5.44. The van der Waals surface area contributed by atoms with E-state index in [9.17, 15) is 0 Å².